The van der Waals surface area contributed by atoms with Crippen molar-refractivity contribution in [3.63, 3.8) is 0 Å². The van der Waals surface area contributed by atoms with Crippen LogP contribution in [0.25, 0.3) is 0 Å². The number of likely N-dealkylation sites (tertiary alicyclic amines) is 2. The molecule has 3 aliphatic rings. The van der Waals surface area contributed by atoms with Crippen LogP contribution < -0.4 is 5.32 Å². The second kappa shape index (κ2) is 7.46. The third kappa shape index (κ3) is 3.90. The summed E-state index contributed by atoms with van der Waals surface area (Å²) < 4.78 is 0. The molecule has 1 aliphatic carbocycles. The Labute approximate surface area is 151 Å². The maximum Gasteiger partial charge on any atom is 0.224 e. The van der Waals surface area contributed by atoms with Crippen molar-refractivity contribution in [2.45, 2.75) is 50.6 Å². The number of rotatable bonds is 3. The molecule has 1 aromatic carbocycles. The lowest BCUT2D eigenvalue weighted by atomic mass is 9.93. The van der Waals surface area contributed by atoms with Gasteiger partial charge in [0.15, 0.2) is 0 Å². The number of benzene rings is 1. The van der Waals surface area contributed by atoms with E-state index < -0.39 is 0 Å². The molecule has 4 nitrogen and oxygen atoms in total. The number of fused-ring (bicyclic) bond motifs is 1. The van der Waals surface area contributed by atoms with Gasteiger partial charge in [-0.2, -0.15) is 0 Å². The summed E-state index contributed by atoms with van der Waals surface area (Å²) in [5, 5.41) is 3.35. The molecule has 25 heavy (non-hydrogen) atoms. The molecule has 1 unspecified atom stereocenters. The molecule has 0 spiro atoms. The molecule has 2 heterocycles. The summed E-state index contributed by atoms with van der Waals surface area (Å²) in [5.41, 5.74) is 2.81. The Balaban J connectivity index is 1.30. The fraction of sp³-hybridized carbons (Fsp3) is 0.667. The number of hydrogen-bond donors (Lipinski definition) is 1. The number of hydrogen-bond acceptors (Lipinski definition) is 3. The van der Waals surface area contributed by atoms with E-state index in [9.17, 15) is 4.79 Å². The van der Waals surface area contributed by atoms with Crippen LogP contribution in [-0.4, -0.2) is 61.0 Å². The van der Waals surface area contributed by atoms with Crippen LogP contribution >= 0.6 is 0 Å². The van der Waals surface area contributed by atoms with Gasteiger partial charge in [0.1, 0.15) is 0 Å². The van der Waals surface area contributed by atoms with Crippen molar-refractivity contribution >= 4 is 5.91 Å². The molecule has 2 fully saturated rings. The van der Waals surface area contributed by atoms with Crippen LogP contribution in [0.2, 0.25) is 0 Å². The van der Waals surface area contributed by atoms with Crippen LogP contribution in [0.15, 0.2) is 24.3 Å². The molecule has 0 saturated carbocycles. The van der Waals surface area contributed by atoms with Crippen molar-refractivity contribution in [2.75, 3.05) is 33.2 Å². The molecule has 0 bridgehead atoms. The van der Waals surface area contributed by atoms with Gasteiger partial charge in [-0.05, 0) is 76.3 Å². The van der Waals surface area contributed by atoms with Crippen molar-refractivity contribution in [1.29, 1.82) is 0 Å². The number of nitrogens with zero attached hydrogens (tertiary/aromatic N) is 2. The van der Waals surface area contributed by atoms with Gasteiger partial charge in [-0.15, -0.1) is 0 Å². The third-order valence-corrected chi connectivity index (χ3v) is 6.43. The fourth-order valence-corrected chi connectivity index (χ4v) is 4.89. The van der Waals surface area contributed by atoms with Crippen LogP contribution in [0.1, 0.15) is 36.8 Å². The first-order valence-corrected chi connectivity index (χ1v) is 9.99. The lowest BCUT2D eigenvalue weighted by Gasteiger charge is -2.41. The van der Waals surface area contributed by atoms with E-state index in [-0.39, 0.29) is 11.8 Å². The molecular weight excluding hydrogens is 310 g/mol. The number of nitrogens with one attached hydrogen (secondary N) is 1. The maximum absolute atomic E-state index is 12.8. The van der Waals surface area contributed by atoms with Crippen molar-refractivity contribution in [2.24, 2.45) is 5.92 Å². The number of piperidine rings is 2. The van der Waals surface area contributed by atoms with Gasteiger partial charge in [-0.25, -0.2) is 0 Å². The molecule has 2 saturated heterocycles. The summed E-state index contributed by atoms with van der Waals surface area (Å²) in [5.74, 6) is 0.465. The second-order valence-electron chi connectivity index (χ2n) is 8.25. The van der Waals surface area contributed by atoms with Gasteiger partial charge < -0.3 is 10.2 Å². The number of carbonyl (C=O) groups is 1. The van der Waals surface area contributed by atoms with Crippen molar-refractivity contribution in [3.05, 3.63) is 35.4 Å². The summed E-state index contributed by atoms with van der Waals surface area (Å²) in [4.78, 5) is 17.9. The quantitative estimate of drug-likeness (QED) is 0.914. The Hall–Kier alpha value is -1.39. The lowest BCUT2D eigenvalue weighted by Crippen LogP contribution is -2.51. The maximum atomic E-state index is 12.8. The molecule has 0 aromatic heterocycles. The largest absolute Gasteiger partial charge is 0.352 e. The molecular formula is C21H31N3O. The Morgan fingerprint density at radius 1 is 1.04 bits per heavy atom. The summed E-state index contributed by atoms with van der Waals surface area (Å²) in [7, 11) is 2.21. The fourth-order valence-electron chi connectivity index (χ4n) is 4.89. The van der Waals surface area contributed by atoms with Gasteiger partial charge in [0.25, 0.3) is 0 Å². The van der Waals surface area contributed by atoms with Gasteiger partial charge in [0.05, 0.1) is 5.92 Å². The predicted octanol–water partition coefficient (Wildman–Crippen LogP) is 2.08. The van der Waals surface area contributed by atoms with E-state index in [1.807, 2.05) is 0 Å². The zero-order valence-electron chi connectivity index (χ0n) is 15.4. The average molecular weight is 341 g/mol. The van der Waals surface area contributed by atoms with Crippen LogP contribution in [0.4, 0.5) is 0 Å². The van der Waals surface area contributed by atoms with Gasteiger partial charge >= 0.3 is 0 Å². The minimum Gasteiger partial charge on any atom is -0.352 e. The van der Waals surface area contributed by atoms with E-state index in [2.05, 4.69) is 46.4 Å². The molecule has 136 valence electrons. The van der Waals surface area contributed by atoms with Crippen LogP contribution in [0.3, 0.4) is 0 Å². The predicted molar refractivity (Wildman–Crippen MR) is 101 cm³/mol. The van der Waals surface area contributed by atoms with E-state index in [1.54, 1.807) is 0 Å². The zero-order chi connectivity index (χ0) is 17.2. The highest BCUT2D eigenvalue weighted by atomic mass is 16.2. The normalized spacial score (nSPS) is 26.5. The minimum absolute atomic E-state index is 0.178. The third-order valence-electron chi connectivity index (χ3n) is 6.43. The summed E-state index contributed by atoms with van der Waals surface area (Å²) in [6.45, 7) is 4.52. The summed E-state index contributed by atoms with van der Waals surface area (Å²) >= 11 is 0. The van der Waals surface area contributed by atoms with E-state index in [0.717, 1.165) is 32.2 Å². The Kier molecular flexibility index (Phi) is 5.09. The van der Waals surface area contributed by atoms with Crippen molar-refractivity contribution < 1.29 is 4.79 Å². The average Bonchev–Trinajstić information content (AvgIpc) is 3.04. The van der Waals surface area contributed by atoms with E-state index in [4.69, 9.17) is 0 Å². The SMILES string of the molecule is CN1CCC(N2CCCC(C(=O)NC3Cc4ccccc4C3)C2)CC1. The van der Waals surface area contributed by atoms with Gasteiger partial charge in [-0.3, -0.25) is 9.69 Å². The molecule has 0 radical (unpaired) electrons. The first-order chi connectivity index (χ1) is 12.2. The van der Waals surface area contributed by atoms with E-state index in [0.29, 0.717) is 12.1 Å². The second-order valence-corrected chi connectivity index (χ2v) is 8.25. The van der Waals surface area contributed by atoms with Crippen molar-refractivity contribution in [3.8, 4) is 0 Å². The highest BCUT2D eigenvalue weighted by molar-refractivity contribution is 5.79. The zero-order valence-corrected chi connectivity index (χ0v) is 15.4. The van der Waals surface area contributed by atoms with Gasteiger partial charge in [-0.1, -0.05) is 24.3 Å². The molecule has 1 atom stereocenters. The van der Waals surface area contributed by atoms with Gasteiger partial charge in [0, 0.05) is 18.6 Å². The van der Waals surface area contributed by atoms with Gasteiger partial charge in [0.2, 0.25) is 5.91 Å². The number of carbonyl (C=O) groups excluding carboxylic acids is 1. The Morgan fingerprint density at radius 2 is 1.72 bits per heavy atom. The number of amides is 1. The molecule has 1 aromatic rings. The smallest absolute Gasteiger partial charge is 0.224 e. The van der Waals surface area contributed by atoms with Crippen LogP contribution in [0, 0.1) is 5.92 Å². The van der Waals surface area contributed by atoms with Crippen molar-refractivity contribution in [1.82, 2.24) is 15.1 Å². The lowest BCUT2D eigenvalue weighted by molar-refractivity contribution is -0.127. The highest BCUT2D eigenvalue weighted by Gasteiger charge is 2.32. The first kappa shape index (κ1) is 17.0. The first-order valence-electron chi connectivity index (χ1n) is 9.99. The Morgan fingerprint density at radius 3 is 2.40 bits per heavy atom. The molecule has 1 N–H and O–H groups in total. The van der Waals surface area contributed by atoms with E-state index in [1.165, 1.54) is 43.6 Å². The monoisotopic (exact) mass is 341 g/mol. The minimum atomic E-state index is 0.178. The van der Waals surface area contributed by atoms with Crippen LogP contribution in [-0.2, 0) is 17.6 Å². The molecule has 4 rings (SSSR count). The topological polar surface area (TPSA) is 35.6 Å². The highest BCUT2D eigenvalue weighted by Crippen LogP contribution is 2.25. The molecule has 2 aliphatic heterocycles. The molecule has 1 amide bonds. The Bertz CT molecular complexity index is 584. The van der Waals surface area contributed by atoms with Crippen LogP contribution in [0.5, 0.6) is 0 Å². The summed E-state index contributed by atoms with van der Waals surface area (Å²) in [6, 6.07) is 9.58. The standard InChI is InChI=1S/C21H31N3O/c1-23-11-8-20(9-12-23)24-10-4-7-18(15-24)21(25)22-19-13-16-5-2-3-6-17(16)14-19/h2-3,5-6,18-20H,4,7-15H2,1H3,(H,22,25). The molecule has 4 heteroatoms. The summed E-state index contributed by atoms with van der Waals surface area (Å²) in [6.07, 6.45) is 6.70. The van der Waals surface area contributed by atoms with E-state index >= 15 is 0 Å².